The van der Waals surface area contributed by atoms with Crippen molar-refractivity contribution in [1.29, 1.82) is 0 Å². The lowest BCUT2D eigenvalue weighted by Gasteiger charge is -2.33. The van der Waals surface area contributed by atoms with Crippen molar-refractivity contribution in [2.24, 2.45) is 11.7 Å². The van der Waals surface area contributed by atoms with Crippen molar-refractivity contribution in [1.82, 2.24) is 9.80 Å². The first-order valence-corrected chi connectivity index (χ1v) is 15.3. The highest BCUT2D eigenvalue weighted by atomic mass is 19.1. The second kappa shape index (κ2) is 14.5. The molecule has 2 fully saturated rings. The summed E-state index contributed by atoms with van der Waals surface area (Å²) in [5, 5.41) is 3.07. The van der Waals surface area contributed by atoms with Crippen LogP contribution in [0, 0.1) is 11.7 Å². The van der Waals surface area contributed by atoms with Crippen LogP contribution in [0.25, 0.3) is 11.1 Å². The predicted octanol–water partition coefficient (Wildman–Crippen LogP) is 5.58. The van der Waals surface area contributed by atoms with Gasteiger partial charge in [-0.05, 0) is 84.8 Å². The summed E-state index contributed by atoms with van der Waals surface area (Å²) >= 11 is 0. The van der Waals surface area contributed by atoms with Crippen LogP contribution in [0.1, 0.15) is 42.1 Å². The maximum absolute atomic E-state index is 13.9. The van der Waals surface area contributed by atoms with Gasteiger partial charge in [-0.3, -0.25) is 4.79 Å². The molecule has 228 valence electrons. The van der Waals surface area contributed by atoms with Gasteiger partial charge in [-0.15, -0.1) is 0 Å². The number of hydrogen-bond acceptors (Lipinski definition) is 5. The number of morpholine rings is 1. The van der Waals surface area contributed by atoms with Gasteiger partial charge in [0.1, 0.15) is 5.82 Å². The molecule has 0 atom stereocenters. The lowest BCUT2D eigenvalue weighted by Crippen LogP contribution is -2.48. The van der Waals surface area contributed by atoms with E-state index in [2.05, 4.69) is 35.3 Å². The molecule has 2 saturated heterocycles. The Morgan fingerprint density at radius 1 is 0.977 bits per heavy atom. The predicted molar refractivity (Wildman–Crippen MR) is 169 cm³/mol. The number of carbonyl (C=O) groups is 2. The summed E-state index contributed by atoms with van der Waals surface area (Å²) in [6, 6.07) is 20.0. The van der Waals surface area contributed by atoms with Crippen LogP contribution in [-0.4, -0.2) is 74.2 Å². The molecule has 3 aromatic rings. The Kier molecular flexibility index (Phi) is 10.3. The second-order valence-electron chi connectivity index (χ2n) is 11.5. The van der Waals surface area contributed by atoms with Crippen LogP contribution in [0.4, 0.5) is 20.6 Å². The summed E-state index contributed by atoms with van der Waals surface area (Å²) < 4.78 is 19.3. The largest absolute Gasteiger partial charge is 0.378 e. The number of nitrogens with zero attached hydrogens (tertiary/aromatic N) is 3. The monoisotopic (exact) mass is 587 g/mol. The third-order valence-corrected chi connectivity index (χ3v) is 8.27. The molecule has 0 saturated carbocycles. The quantitative estimate of drug-likeness (QED) is 0.341. The number of nitrogens with one attached hydrogen (secondary N) is 1. The van der Waals surface area contributed by atoms with Gasteiger partial charge in [-0.2, -0.15) is 0 Å². The van der Waals surface area contributed by atoms with Gasteiger partial charge < -0.3 is 30.5 Å². The van der Waals surface area contributed by atoms with Crippen LogP contribution in [0.2, 0.25) is 0 Å². The zero-order valence-corrected chi connectivity index (χ0v) is 24.9. The Labute approximate surface area is 253 Å². The molecule has 0 radical (unpaired) electrons. The van der Waals surface area contributed by atoms with E-state index < -0.39 is 5.82 Å². The molecule has 2 aliphatic heterocycles. The zero-order chi connectivity index (χ0) is 30.2. The molecule has 3 N–H and O–H groups in total. The Hall–Kier alpha value is -3.95. The first-order chi connectivity index (χ1) is 20.9. The summed E-state index contributed by atoms with van der Waals surface area (Å²) in [4.78, 5) is 32.6. The van der Waals surface area contributed by atoms with E-state index in [-0.39, 0.29) is 17.5 Å². The van der Waals surface area contributed by atoms with Gasteiger partial charge in [0, 0.05) is 44.8 Å². The molecule has 0 unspecified atom stereocenters. The lowest BCUT2D eigenvalue weighted by molar-refractivity contribution is 0.0425. The van der Waals surface area contributed by atoms with Gasteiger partial charge in [0.2, 0.25) is 0 Å². The standard InChI is InChI=1S/C34H42FN5O3/c1-25-11-15-38(16-12-25)32-10-9-28(23-31(32)37-33(41)29-7-3-8-30(35)22-29)27-6-2-5-26(21-27)24-40(14-4-13-36)34(42)39-17-19-43-20-18-39/h2-3,5-10,21-23,25H,4,11-20,24,36H2,1H3,(H,37,41). The minimum absolute atomic E-state index is 0.00435. The highest BCUT2D eigenvalue weighted by Crippen LogP contribution is 2.35. The minimum Gasteiger partial charge on any atom is -0.378 e. The number of benzene rings is 3. The van der Waals surface area contributed by atoms with E-state index >= 15 is 0 Å². The minimum atomic E-state index is -0.448. The summed E-state index contributed by atoms with van der Waals surface area (Å²) in [5.41, 5.74) is 10.6. The molecule has 43 heavy (non-hydrogen) atoms. The highest BCUT2D eigenvalue weighted by molar-refractivity contribution is 6.06. The van der Waals surface area contributed by atoms with Crippen molar-refractivity contribution < 1.29 is 18.7 Å². The lowest BCUT2D eigenvalue weighted by atomic mass is 9.97. The van der Waals surface area contributed by atoms with E-state index in [1.807, 2.05) is 34.1 Å². The Morgan fingerprint density at radius 2 is 1.72 bits per heavy atom. The number of rotatable bonds is 9. The Balaban J connectivity index is 1.41. The number of carbonyl (C=O) groups excluding carboxylic acids is 2. The van der Waals surface area contributed by atoms with E-state index in [0.717, 1.165) is 54.7 Å². The fourth-order valence-electron chi connectivity index (χ4n) is 5.71. The first kappa shape index (κ1) is 30.5. The highest BCUT2D eigenvalue weighted by Gasteiger charge is 2.24. The Morgan fingerprint density at radius 3 is 2.47 bits per heavy atom. The number of nitrogens with two attached hydrogens (primary N) is 1. The molecule has 3 amide bonds. The van der Waals surface area contributed by atoms with Crippen LogP contribution < -0.4 is 16.0 Å². The molecular formula is C34H42FN5O3. The zero-order valence-electron chi connectivity index (χ0n) is 24.9. The van der Waals surface area contributed by atoms with Crippen LogP contribution in [0.15, 0.2) is 66.7 Å². The van der Waals surface area contributed by atoms with Gasteiger partial charge in [-0.25, -0.2) is 9.18 Å². The van der Waals surface area contributed by atoms with Crippen molar-refractivity contribution in [2.75, 3.05) is 62.7 Å². The average Bonchev–Trinajstić information content (AvgIpc) is 3.03. The molecule has 0 aliphatic carbocycles. The summed E-state index contributed by atoms with van der Waals surface area (Å²) in [5.74, 6) is -0.131. The number of amides is 3. The normalized spacial score (nSPS) is 15.8. The summed E-state index contributed by atoms with van der Waals surface area (Å²) in [7, 11) is 0. The third kappa shape index (κ3) is 7.91. The van der Waals surface area contributed by atoms with E-state index in [1.165, 1.54) is 12.1 Å². The van der Waals surface area contributed by atoms with Crippen molar-refractivity contribution in [2.45, 2.75) is 32.7 Å². The second-order valence-corrected chi connectivity index (χ2v) is 11.5. The topological polar surface area (TPSA) is 91.1 Å². The van der Waals surface area contributed by atoms with Gasteiger partial charge >= 0.3 is 6.03 Å². The first-order valence-electron chi connectivity index (χ1n) is 15.3. The van der Waals surface area contributed by atoms with E-state index in [0.29, 0.717) is 57.5 Å². The van der Waals surface area contributed by atoms with Gasteiger partial charge in [0.15, 0.2) is 0 Å². The third-order valence-electron chi connectivity index (χ3n) is 8.27. The average molecular weight is 588 g/mol. The maximum Gasteiger partial charge on any atom is 0.320 e. The SMILES string of the molecule is CC1CCN(c2ccc(-c3cccc(CN(CCCN)C(=O)N4CCOCC4)c3)cc2NC(=O)c2cccc(F)c2)CC1. The molecule has 9 heteroatoms. The van der Waals surface area contributed by atoms with Crippen molar-refractivity contribution >= 4 is 23.3 Å². The molecule has 3 aromatic carbocycles. The smallest absolute Gasteiger partial charge is 0.320 e. The number of hydrogen-bond donors (Lipinski definition) is 2. The maximum atomic E-state index is 13.9. The molecule has 8 nitrogen and oxygen atoms in total. The van der Waals surface area contributed by atoms with Crippen LogP contribution in [0.5, 0.6) is 0 Å². The molecule has 0 bridgehead atoms. The van der Waals surface area contributed by atoms with Crippen LogP contribution in [0.3, 0.4) is 0 Å². The van der Waals surface area contributed by atoms with Gasteiger partial charge in [0.05, 0.1) is 24.6 Å². The van der Waals surface area contributed by atoms with E-state index in [9.17, 15) is 14.0 Å². The fourth-order valence-corrected chi connectivity index (χ4v) is 5.71. The van der Waals surface area contributed by atoms with Crippen molar-refractivity contribution in [3.63, 3.8) is 0 Å². The summed E-state index contributed by atoms with van der Waals surface area (Å²) in [6.07, 6.45) is 2.90. The number of ether oxygens (including phenoxy) is 1. The van der Waals surface area contributed by atoms with Crippen molar-refractivity contribution in [3.05, 3.63) is 83.7 Å². The van der Waals surface area contributed by atoms with Crippen LogP contribution >= 0.6 is 0 Å². The van der Waals surface area contributed by atoms with E-state index in [1.54, 1.807) is 12.1 Å². The molecule has 0 spiro atoms. The fraction of sp³-hybridized carbons (Fsp3) is 0.412. The van der Waals surface area contributed by atoms with Crippen LogP contribution in [-0.2, 0) is 11.3 Å². The van der Waals surface area contributed by atoms with Crippen molar-refractivity contribution in [3.8, 4) is 11.1 Å². The Bertz CT molecular complexity index is 1400. The molecular weight excluding hydrogens is 545 g/mol. The van der Waals surface area contributed by atoms with E-state index in [4.69, 9.17) is 10.5 Å². The number of piperidine rings is 1. The molecule has 2 heterocycles. The number of anilines is 2. The number of urea groups is 1. The molecule has 2 aliphatic rings. The summed E-state index contributed by atoms with van der Waals surface area (Å²) in [6.45, 7) is 7.93. The van der Waals surface area contributed by atoms with Gasteiger partial charge in [-0.1, -0.05) is 37.3 Å². The van der Waals surface area contributed by atoms with Gasteiger partial charge in [0.25, 0.3) is 5.91 Å². The number of halogens is 1. The molecule has 5 rings (SSSR count). The molecule has 0 aromatic heterocycles.